The second-order valence-electron chi connectivity index (χ2n) is 8.52. The summed E-state index contributed by atoms with van der Waals surface area (Å²) in [6.45, 7) is 4.19. The van der Waals surface area contributed by atoms with Crippen molar-refractivity contribution in [2.24, 2.45) is 0 Å². The molecule has 3 rings (SSSR count). The highest BCUT2D eigenvalue weighted by atomic mass is 35.5. The van der Waals surface area contributed by atoms with Crippen molar-refractivity contribution in [3.8, 4) is 5.75 Å². The van der Waals surface area contributed by atoms with E-state index in [4.69, 9.17) is 16.3 Å². The van der Waals surface area contributed by atoms with Crippen LogP contribution in [0.2, 0.25) is 5.02 Å². The first-order valence-corrected chi connectivity index (χ1v) is 11.9. The quantitative estimate of drug-likeness (QED) is 0.558. The molecule has 172 valence electrons. The second kappa shape index (κ2) is 11.9. The predicted octanol–water partition coefficient (Wildman–Crippen LogP) is 5.28. The highest BCUT2D eigenvalue weighted by Gasteiger charge is 2.30. The number of amides is 2. The Labute approximate surface area is 196 Å². The molecule has 0 aromatic heterocycles. The molecule has 2 aromatic carbocycles. The van der Waals surface area contributed by atoms with Gasteiger partial charge in [-0.05, 0) is 56.0 Å². The molecular weight excluding hydrogens is 424 g/mol. The summed E-state index contributed by atoms with van der Waals surface area (Å²) in [5.41, 5.74) is 2.11. The lowest BCUT2D eigenvalue weighted by molar-refractivity contribution is -0.143. The van der Waals surface area contributed by atoms with Gasteiger partial charge in [0.1, 0.15) is 11.8 Å². The van der Waals surface area contributed by atoms with E-state index in [9.17, 15) is 9.59 Å². The monoisotopic (exact) mass is 456 g/mol. The van der Waals surface area contributed by atoms with Crippen LogP contribution in [-0.2, 0) is 16.1 Å². The first kappa shape index (κ1) is 24.1. The third kappa shape index (κ3) is 6.99. The number of carbonyl (C=O) groups excluding carboxylic acids is 2. The minimum Gasteiger partial charge on any atom is -0.484 e. The van der Waals surface area contributed by atoms with Gasteiger partial charge < -0.3 is 15.0 Å². The lowest BCUT2D eigenvalue weighted by Crippen LogP contribution is -2.52. The van der Waals surface area contributed by atoms with Crippen LogP contribution in [0, 0.1) is 6.92 Å². The molecule has 1 fully saturated rings. The topological polar surface area (TPSA) is 58.6 Å². The number of nitrogens with one attached hydrogen (secondary N) is 1. The summed E-state index contributed by atoms with van der Waals surface area (Å²) in [5.74, 6) is 0.275. The van der Waals surface area contributed by atoms with Crippen molar-refractivity contribution in [3.63, 3.8) is 0 Å². The van der Waals surface area contributed by atoms with Crippen molar-refractivity contribution in [1.82, 2.24) is 10.2 Å². The van der Waals surface area contributed by atoms with Crippen molar-refractivity contribution in [3.05, 3.63) is 64.7 Å². The summed E-state index contributed by atoms with van der Waals surface area (Å²) in [6.07, 6.45) is 6.06. The van der Waals surface area contributed by atoms with Crippen LogP contribution in [0.3, 0.4) is 0 Å². The van der Waals surface area contributed by atoms with Crippen LogP contribution in [0.15, 0.2) is 48.5 Å². The summed E-state index contributed by atoms with van der Waals surface area (Å²) < 4.78 is 5.71. The Morgan fingerprint density at radius 1 is 1.12 bits per heavy atom. The first-order chi connectivity index (χ1) is 15.5. The van der Waals surface area contributed by atoms with E-state index in [0.717, 1.165) is 36.8 Å². The number of carbonyl (C=O) groups is 2. The molecule has 32 heavy (non-hydrogen) atoms. The number of hydrogen-bond donors (Lipinski definition) is 1. The fourth-order valence-corrected chi connectivity index (χ4v) is 4.36. The van der Waals surface area contributed by atoms with E-state index in [1.54, 1.807) is 29.2 Å². The van der Waals surface area contributed by atoms with Crippen molar-refractivity contribution in [2.75, 3.05) is 6.61 Å². The molecule has 1 N–H and O–H groups in total. The van der Waals surface area contributed by atoms with Crippen LogP contribution < -0.4 is 10.1 Å². The number of ether oxygens (including phenoxy) is 1. The summed E-state index contributed by atoms with van der Waals surface area (Å²) in [7, 11) is 0. The van der Waals surface area contributed by atoms with Crippen LogP contribution >= 0.6 is 11.6 Å². The van der Waals surface area contributed by atoms with E-state index in [2.05, 4.69) is 5.32 Å². The number of hydrogen-bond acceptors (Lipinski definition) is 3. The highest BCUT2D eigenvalue weighted by Crippen LogP contribution is 2.20. The zero-order valence-electron chi connectivity index (χ0n) is 19.0. The van der Waals surface area contributed by atoms with Gasteiger partial charge in [-0.2, -0.15) is 0 Å². The molecule has 1 atom stereocenters. The summed E-state index contributed by atoms with van der Waals surface area (Å²) in [5, 5.41) is 3.80. The lowest BCUT2D eigenvalue weighted by atomic mass is 9.95. The smallest absolute Gasteiger partial charge is 0.261 e. The molecule has 2 aromatic rings. The van der Waals surface area contributed by atoms with Crippen molar-refractivity contribution >= 4 is 23.4 Å². The summed E-state index contributed by atoms with van der Waals surface area (Å²) in [4.78, 5) is 28.1. The molecular formula is C26H33ClN2O3. The largest absolute Gasteiger partial charge is 0.484 e. The van der Waals surface area contributed by atoms with E-state index in [1.807, 2.05) is 38.1 Å². The van der Waals surface area contributed by atoms with Crippen LogP contribution in [0.5, 0.6) is 5.75 Å². The molecule has 2 amide bonds. The zero-order valence-corrected chi connectivity index (χ0v) is 19.7. The first-order valence-electron chi connectivity index (χ1n) is 11.5. The van der Waals surface area contributed by atoms with Gasteiger partial charge >= 0.3 is 0 Å². The van der Waals surface area contributed by atoms with E-state index >= 15 is 0 Å². The minimum absolute atomic E-state index is 0.0769. The fourth-order valence-electron chi connectivity index (χ4n) is 4.23. The average molecular weight is 457 g/mol. The van der Waals surface area contributed by atoms with Gasteiger partial charge in [-0.15, -0.1) is 0 Å². The Kier molecular flexibility index (Phi) is 8.98. The van der Waals surface area contributed by atoms with Gasteiger partial charge in [0.05, 0.1) is 0 Å². The molecule has 0 radical (unpaired) electrons. The molecule has 6 heteroatoms. The average Bonchev–Trinajstić information content (AvgIpc) is 2.79. The van der Waals surface area contributed by atoms with Crippen molar-refractivity contribution in [1.29, 1.82) is 0 Å². The van der Waals surface area contributed by atoms with Crippen LogP contribution in [0.25, 0.3) is 0 Å². The minimum atomic E-state index is -0.543. The van der Waals surface area contributed by atoms with Gasteiger partial charge in [-0.1, -0.05) is 67.6 Å². The number of halogens is 1. The lowest BCUT2D eigenvalue weighted by Gasteiger charge is -2.32. The van der Waals surface area contributed by atoms with Gasteiger partial charge in [-0.25, -0.2) is 0 Å². The van der Waals surface area contributed by atoms with E-state index in [0.29, 0.717) is 23.7 Å². The van der Waals surface area contributed by atoms with Crippen molar-refractivity contribution < 1.29 is 14.3 Å². The Bertz CT molecular complexity index is 894. The number of nitrogens with zero attached hydrogens (tertiary/aromatic N) is 1. The molecule has 5 nitrogen and oxygen atoms in total. The maximum atomic E-state index is 13.3. The van der Waals surface area contributed by atoms with Crippen molar-refractivity contribution in [2.45, 2.75) is 71.0 Å². The molecule has 0 aliphatic heterocycles. The van der Waals surface area contributed by atoms with Gasteiger partial charge in [0.25, 0.3) is 5.91 Å². The number of rotatable bonds is 9. The van der Waals surface area contributed by atoms with E-state index in [-0.39, 0.29) is 24.5 Å². The Morgan fingerprint density at radius 3 is 2.50 bits per heavy atom. The molecule has 0 bridgehead atoms. The number of benzene rings is 2. The Morgan fingerprint density at radius 2 is 1.84 bits per heavy atom. The summed E-state index contributed by atoms with van der Waals surface area (Å²) in [6, 6.07) is 14.6. The van der Waals surface area contributed by atoms with Gasteiger partial charge in [0.2, 0.25) is 5.91 Å². The molecule has 1 saturated carbocycles. The Hall–Kier alpha value is -2.53. The molecule has 1 aliphatic rings. The molecule has 0 unspecified atom stereocenters. The van der Waals surface area contributed by atoms with Crippen LogP contribution in [0.4, 0.5) is 0 Å². The molecule has 0 heterocycles. The molecule has 0 saturated heterocycles. The van der Waals surface area contributed by atoms with Crippen LogP contribution in [-0.4, -0.2) is 35.4 Å². The van der Waals surface area contributed by atoms with Gasteiger partial charge in [0.15, 0.2) is 6.61 Å². The normalized spacial score (nSPS) is 15.1. The second-order valence-corrected chi connectivity index (χ2v) is 8.96. The molecule has 1 aliphatic carbocycles. The van der Waals surface area contributed by atoms with E-state index in [1.165, 1.54) is 6.42 Å². The number of aryl methyl sites for hydroxylation is 1. The third-order valence-corrected chi connectivity index (χ3v) is 6.20. The predicted molar refractivity (Wildman–Crippen MR) is 128 cm³/mol. The van der Waals surface area contributed by atoms with Gasteiger partial charge in [0, 0.05) is 17.6 Å². The SMILES string of the molecule is CC[C@H](C(=O)NC1CCCCC1)N(Cc1cccc(C)c1)C(=O)COc1ccc(Cl)cc1. The maximum absolute atomic E-state index is 13.3. The maximum Gasteiger partial charge on any atom is 0.261 e. The van der Waals surface area contributed by atoms with Gasteiger partial charge in [-0.3, -0.25) is 9.59 Å². The fraction of sp³-hybridized carbons (Fsp3) is 0.462. The highest BCUT2D eigenvalue weighted by molar-refractivity contribution is 6.30. The summed E-state index contributed by atoms with van der Waals surface area (Å²) >= 11 is 5.93. The standard InChI is InChI=1S/C26H33ClN2O3/c1-3-24(26(31)28-22-10-5-4-6-11-22)29(17-20-9-7-8-19(2)16-20)25(30)18-32-23-14-12-21(27)13-15-23/h7-9,12-16,22,24H,3-6,10-11,17-18H2,1-2H3,(H,28,31)/t24-/m1/s1. The zero-order chi connectivity index (χ0) is 22.9. The third-order valence-electron chi connectivity index (χ3n) is 5.95. The van der Waals surface area contributed by atoms with E-state index < -0.39 is 6.04 Å². The molecule has 0 spiro atoms. The van der Waals surface area contributed by atoms with Crippen LogP contribution in [0.1, 0.15) is 56.6 Å². The Balaban J connectivity index is 1.74.